The largest absolute Gasteiger partial charge is 0.497 e. The van der Waals surface area contributed by atoms with Gasteiger partial charge < -0.3 is 24.6 Å². The third-order valence-electron chi connectivity index (χ3n) is 7.85. The molecule has 1 amide bonds. The Balaban J connectivity index is 1.16. The smallest absolute Gasteiger partial charge is 0.257 e. The van der Waals surface area contributed by atoms with Crippen molar-refractivity contribution in [2.24, 2.45) is 5.41 Å². The van der Waals surface area contributed by atoms with Crippen LogP contribution in [0.25, 0.3) is 0 Å². The number of benzene rings is 2. The number of thiocarbonyl (C=S) groups is 1. The molecule has 0 saturated carbocycles. The van der Waals surface area contributed by atoms with Crippen molar-refractivity contribution in [3.8, 4) is 11.5 Å². The number of methoxy groups -OCH3 is 2. The Bertz CT molecular complexity index is 1060. The molecular formula is C27H33N3O3S. The summed E-state index contributed by atoms with van der Waals surface area (Å²) < 4.78 is 10.8. The van der Waals surface area contributed by atoms with Crippen LogP contribution in [0.1, 0.15) is 40.7 Å². The first kappa shape index (κ1) is 23.0. The fourth-order valence-corrected chi connectivity index (χ4v) is 6.10. The number of rotatable bonds is 4. The van der Waals surface area contributed by atoms with Crippen LogP contribution in [0, 0.1) is 5.41 Å². The number of carbonyl (C=O) groups is 1. The molecule has 0 bridgehead atoms. The molecule has 180 valence electrons. The predicted octanol–water partition coefficient (Wildman–Crippen LogP) is 3.67. The average Bonchev–Trinajstić information content (AvgIpc) is 3.47. The lowest BCUT2D eigenvalue weighted by Gasteiger charge is -2.39. The first-order valence-electron chi connectivity index (χ1n) is 12.1. The number of piperidine rings is 1. The molecule has 1 aliphatic carbocycles. The molecule has 0 unspecified atom stereocenters. The Morgan fingerprint density at radius 3 is 2.24 bits per heavy atom. The van der Waals surface area contributed by atoms with E-state index < -0.39 is 0 Å². The SMILES string of the molecule is COc1ccc(OC)c(C(=O)N2CCC3(CC2)CCN(C(=S)NC2Cc4ccccc4C2)C3)c1. The van der Waals surface area contributed by atoms with Gasteiger partial charge in [0.05, 0.1) is 19.8 Å². The van der Waals surface area contributed by atoms with Gasteiger partial charge in [0.25, 0.3) is 5.91 Å². The van der Waals surface area contributed by atoms with Gasteiger partial charge in [0.1, 0.15) is 11.5 Å². The average molecular weight is 480 g/mol. The van der Waals surface area contributed by atoms with Gasteiger partial charge in [-0.25, -0.2) is 0 Å². The predicted molar refractivity (Wildman–Crippen MR) is 137 cm³/mol. The van der Waals surface area contributed by atoms with Crippen molar-refractivity contribution < 1.29 is 14.3 Å². The molecule has 2 saturated heterocycles. The molecule has 0 atom stereocenters. The molecule has 6 nitrogen and oxygen atoms in total. The van der Waals surface area contributed by atoms with E-state index in [0.717, 1.165) is 63.4 Å². The van der Waals surface area contributed by atoms with Crippen LogP contribution in [0.15, 0.2) is 42.5 Å². The standard InChI is InChI=1S/C27H33N3O3S/c1-32-22-7-8-24(33-2)23(17-22)25(31)29-12-9-27(10-13-29)11-14-30(18-27)26(34)28-21-15-19-5-3-4-6-20(19)16-21/h3-8,17,21H,9-16,18H2,1-2H3,(H,28,34). The monoisotopic (exact) mass is 479 g/mol. The van der Waals surface area contributed by atoms with Crippen LogP contribution in [0.5, 0.6) is 11.5 Å². The molecule has 34 heavy (non-hydrogen) atoms. The van der Waals surface area contributed by atoms with Crippen LogP contribution in [0.2, 0.25) is 0 Å². The number of hydrogen-bond acceptors (Lipinski definition) is 4. The fourth-order valence-electron chi connectivity index (χ4n) is 5.78. The molecule has 2 heterocycles. The zero-order chi connectivity index (χ0) is 23.7. The van der Waals surface area contributed by atoms with E-state index in [9.17, 15) is 4.79 Å². The van der Waals surface area contributed by atoms with Gasteiger partial charge in [-0.1, -0.05) is 24.3 Å². The Labute approximate surface area is 207 Å². The van der Waals surface area contributed by atoms with E-state index >= 15 is 0 Å². The van der Waals surface area contributed by atoms with Crippen molar-refractivity contribution in [1.29, 1.82) is 0 Å². The van der Waals surface area contributed by atoms with E-state index in [-0.39, 0.29) is 11.3 Å². The maximum absolute atomic E-state index is 13.3. The Hall–Kier alpha value is -2.80. The lowest BCUT2D eigenvalue weighted by molar-refractivity contribution is 0.0595. The minimum atomic E-state index is 0.0124. The molecule has 0 radical (unpaired) electrons. The highest BCUT2D eigenvalue weighted by Gasteiger charge is 2.42. The number of ether oxygens (including phenoxy) is 2. The second-order valence-corrected chi connectivity index (χ2v) is 10.2. The van der Waals surface area contributed by atoms with Crippen molar-refractivity contribution in [2.75, 3.05) is 40.4 Å². The van der Waals surface area contributed by atoms with E-state index in [2.05, 4.69) is 34.5 Å². The van der Waals surface area contributed by atoms with Gasteiger partial charge in [0, 0.05) is 32.2 Å². The van der Waals surface area contributed by atoms with Crippen molar-refractivity contribution in [1.82, 2.24) is 15.1 Å². The number of fused-ring (bicyclic) bond motifs is 1. The topological polar surface area (TPSA) is 54.0 Å². The van der Waals surface area contributed by atoms with Gasteiger partial charge in [-0.15, -0.1) is 0 Å². The van der Waals surface area contributed by atoms with Crippen molar-refractivity contribution in [3.05, 3.63) is 59.2 Å². The highest BCUT2D eigenvalue weighted by molar-refractivity contribution is 7.80. The molecule has 3 aliphatic rings. The highest BCUT2D eigenvalue weighted by Crippen LogP contribution is 2.41. The maximum atomic E-state index is 13.3. The molecule has 1 N–H and O–H groups in total. The first-order chi connectivity index (χ1) is 16.5. The molecular weight excluding hydrogens is 446 g/mol. The second-order valence-electron chi connectivity index (χ2n) is 9.85. The van der Waals surface area contributed by atoms with Crippen LogP contribution in [-0.4, -0.2) is 67.3 Å². The van der Waals surface area contributed by atoms with E-state index in [1.165, 1.54) is 11.1 Å². The number of nitrogens with one attached hydrogen (secondary N) is 1. The Kier molecular flexibility index (Phi) is 6.38. The summed E-state index contributed by atoms with van der Waals surface area (Å²) in [6.07, 6.45) is 5.21. The zero-order valence-corrected chi connectivity index (χ0v) is 20.8. The summed E-state index contributed by atoms with van der Waals surface area (Å²) >= 11 is 5.82. The normalized spacial score (nSPS) is 19.2. The fraction of sp³-hybridized carbons (Fsp3) is 0.481. The molecule has 7 heteroatoms. The third-order valence-corrected chi connectivity index (χ3v) is 8.23. The van der Waals surface area contributed by atoms with Gasteiger partial charge in [0.2, 0.25) is 0 Å². The quantitative estimate of drug-likeness (QED) is 0.676. The van der Waals surface area contributed by atoms with E-state index in [1.807, 2.05) is 11.0 Å². The summed E-state index contributed by atoms with van der Waals surface area (Å²) in [5.41, 5.74) is 3.67. The zero-order valence-electron chi connectivity index (χ0n) is 20.0. The molecule has 0 aromatic heterocycles. The van der Waals surface area contributed by atoms with Crippen LogP contribution < -0.4 is 14.8 Å². The van der Waals surface area contributed by atoms with E-state index in [0.29, 0.717) is 23.1 Å². The molecule has 1 spiro atoms. The summed E-state index contributed by atoms with van der Waals surface area (Å²) in [5, 5.41) is 4.51. The van der Waals surface area contributed by atoms with Gasteiger partial charge in [-0.3, -0.25) is 4.79 Å². The highest BCUT2D eigenvalue weighted by atomic mass is 32.1. The molecule has 2 fully saturated rings. The summed E-state index contributed by atoms with van der Waals surface area (Å²) in [4.78, 5) is 17.6. The lowest BCUT2D eigenvalue weighted by Crippen LogP contribution is -2.47. The van der Waals surface area contributed by atoms with Gasteiger partial charge in [-0.2, -0.15) is 0 Å². The van der Waals surface area contributed by atoms with Crippen LogP contribution in [-0.2, 0) is 12.8 Å². The third kappa shape index (κ3) is 4.45. The van der Waals surface area contributed by atoms with Crippen LogP contribution >= 0.6 is 12.2 Å². The van der Waals surface area contributed by atoms with E-state index in [4.69, 9.17) is 21.7 Å². The molecule has 2 aromatic carbocycles. The van der Waals surface area contributed by atoms with Gasteiger partial charge in [-0.05, 0) is 79.1 Å². The minimum Gasteiger partial charge on any atom is -0.497 e. The molecule has 2 aromatic rings. The lowest BCUT2D eigenvalue weighted by atomic mass is 9.77. The first-order valence-corrected chi connectivity index (χ1v) is 12.5. The van der Waals surface area contributed by atoms with Gasteiger partial charge >= 0.3 is 0 Å². The van der Waals surface area contributed by atoms with Crippen molar-refractivity contribution >= 4 is 23.2 Å². The summed E-state index contributed by atoms with van der Waals surface area (Å²) in [6, 6.07) is 14.4. The Morgan fingerprint density at radius 1 is 0.971 bits per heavy atom. The minimum absolute atomic E-state index is 0.0124. The Morgan fingerprint density at radius 2 is 1.62 bits per heavy atom. The number of amides is 1. The van der Waals surface area contributed by atoms with Crippen molar-refractivity contribution in [2.45, 2.75) is 38.1 Å². The number of nitrogens with zero attached hydrogens (tertiary/aromatic N) is 2. The maximum Gasteiger partial charge on any atom is 0.257 e. The van der Waals surface area contributed by atoms with Crippen LogP contribution in [0.4, 0.5) is 0 Å². The summed E-state index contributed by atoms with van der Waals surface area (Å²) in [7, 11) is 3.20. The number of likely N-dealkylation sites (tertiary alicyclic amines) is 2. The summed E-state index contributed by atoms with van der Waals surface area (Å²) in [5.74, 6) is 1.26. The summed E-state index contributed by atoms with van der Waals surface area (Å²) in [6.45, 7) is 3.47. The molecule has 2 aliphatic heterocycles. The van der Waals surface area contributed by atoms with Crippen LogP contribution in [0.3, 0.4) is 0 Å². The number of carbonyl (C=O) groups excluding carboxylic acids is 1. The van der Waals surface area contributed by atoms with E-state index in [1.54, 1.807) is 26.4 Å². The van der Waals surface area contributed by atoms with Crippen molar-refractivity contribution in [3.63, 3.8) is 0 Å². The molecule has 5 rings (SSSR count). The number of hydrogen-bond donors (Lipinski definition) is 1. The van der Waals surface area contributed by atoms with Gasteiger partial charge in [0.15, 0.2) is 5.11 Å². The second kappa shape index (κ2) is 9.45.